The van der Waals surface area contributed by atoms with E-state index in [0.717, 1.165) is 12.1 Å². The number of rotatable bonds is 3. The number of phenolic OH excluding ortho intramolecular Hbond substituents is 1. The minimum absolute atomic E-state index is 0.271. The van der Waals surface area contributed by atoms with Crippen molar-refractivity contribution in [3.63, 3.8) is 0 Å². The van der Waals surface area contributed by atoms with Crippen LogP contribution >= 0.6 is 0 Å². The molecule has 6 heteroatoms. The van der Waals surface area contributed by atoms with Gasteiger partial charge < -0.3 is 15.5 Å². The predicted molar refractivity (Wildman–Crippen MR) is 73.5 cm³/mol. The second-order valence-corrected chi connectivity index (χ2v) is 5.69. The van der Waals surface area contributed by atoms with E-state index in [9.17, 15) is 19.1 Å². The minimum Gasteiger partial charge on any atom is -0.508 e. The van der Waals surface area contributed by atoms with Crippen LogP contribution in [-0.2, 0) is 4.79 Å². The monoisotopic (exact) mass is 295 g/mol. The van der Waals surface area contributed by atoms with Crippen LogP contribution in [0, 0.1) is 11.7 Å². The molecule has 0 spiro atoms. The third kappa shape index (κ3) is 3.15. The van der Waals surface area contributed by atoms with E-state index in [0.29, 0.717) is 31.6 Å². The fourth-order valence-corrected chi connectivity index (χ4v) is 2.62. The average Bonchev–Trinajstić information content (AvgIpc) is 2.41. The number of carboxylic acids is 1. The first-order chi connectivity index (χ1) is 9.84. The number of halogens is 1. The van der Waals surface area contributed by atoms with E-state index in [2.05, 4.69) is 5.32 Å². The van der Waals surface area contributed by atoms with Gasteiger partial charge >= 0.3 is 5.97 Å². The first kappa shape index (κ1) is 15.3. The molecular formula is C15H18FNO4. The lowest BCUT2D eigenvalue weighted by molar-refractivity contribution is -0.146. The molecule has 21 heavy (non-hydrogen) atoms. The molecule has 0 aliphatic heterocycles. The summed E-state index contributed by atoms with van der Waals surface area (Å²) in [6.07, 6.45) is 2.05. The average molecular weight is 295 g/mol. The van der Waals surface area contributed by atoms with Gasteiger partial charge in [0.2, 0.25) is 0 Å². The lowest BCUT2D eigenvalue weighted by Gasteiger charge is -2.36. The van der Waals surface area contributed by atoms with E-state index in [4.69, 9.17) is 5.11 Å². The van der Waals surface area contributed by atoms with Crippen molar-refractivity contribution in [2.75, 3.05) is 0 Å². The SMILES string of the molecule is CC1CCC(NC(=O)c2ccc(O)cc2F)(C(=O)O)CC1. The van der Waals surface area contributed by atoms with Crippen LogP contribution in [0.25, 0.3) is 0 Å². The molecule has 1 aromatic rings. The van der Waals surface area contributed by atoms with Crippen LogP contribution in [0.2, 0.25) is 0 Å². The van der Waals surface area contributed by atoms with Gasteiger partial charge in [-0.1, -0.05) is 6.92 Å². The number of aliphatic carboxylic acids is 1. The Bertz CT molecular complexity index is 565. The first-order valence-corrected chi connectivity index (χ1v) is 6.88. The predicted octanol–water partition coefficient (Wildman–Crippen LogP) is 2.29. The van der Waals surface area contributed by atoms with Gasteiger partial charge in [0, 0.05) is 6.07 Å². The second kappa shape index (κ2) is 5.71. The molecule has 1 aliphatic carbocycles. The number of nitrogens with one attached hydrogen (secondary N) is 1. The fraction of sp³-hybridized carbons (Fsp3) is 0.467. The van der Waals surface area contributed by atoms with Crippen molar-refractivity contribution >= 4 is 11.9 Å². The zero-order valence-electron chi connectivity index (χ0n) is 11.7. The number of amides is 1. The molecule has 0 unspecified atom stereocenters. The first-order valence-electron chi connectivity index (χ1n) is 6.88. The highest BCUT2D eigenvalue weighted by atomic mass is 19.1. The lowest BCUT2D eigenvalue weighted by atomic mass is 9.77. The van der Waals surface area contributed by atoms with E-state index in [1.54, 1.807) is 0 Å². The summed E-state index contributed by atoms with van der Waals surface area (Å²) in [4.78, 5) is 23.7. The summed E-state index contributed by atoms with van der Waals surface area (Å²) in [5.74, 6) is -2.62. The number of carbonyl (C=O) groups is 2. The van der Waals surface area contributed by atoms with E-state index in [-0.39, 0.29) is 11.3 Å². The van der Waals surface area contributed by atoms with Gasteiger partial charge in [0.25, 0.3) is 5.91 Å². The summed E-state index contributed by atoms with van der Waals surface area (Å²) in [6.45, 7) is 2.03. The molecule has 0 bridgehead atoms. The van der Waals surface area contributed by atoms with E-state index >= 15 is 0 Å². The molecule has 0 saturated heterocycles. The molecule has 0 aromatic heterocycles. The van der Waals surface area contributed by atoms with Crippen molar-refractivity contribution in [3.05, 3.63) is 29.6 Å². The normalized spacial score (nSPS) is 25.3. The molecule has 1 fully saturated rings. The smallest absolute Gasteiger partial charge is 0.329 e. The summed E-state index contributed by atoms with van der Waals surface area (Å²) in [5, 5.41) is 21.0. The molecule has 114 valence electrons. The maximum Gasteiger partial charge on any atom is 0.329 e. The van der Waals surface area contributed by atoms with E-state index in [1.165, 1.54) is 6.07 Å². The minimum atomic E-state index is -1.34. The lowest BCUT2D eigenvalue weighted by Crippen LogP contribution is -2.56. The summed E-state index contributed by atoms with van der Waals surface area (Å²) < 4.78 is 13.7. The van der Waals surface area contributed by atoms with Crippen LogP contribution in [0.1, 0.15) is 43.0 Å². The number of hydrogen-bond donors (Lipinski definition) is 3. The van der Waals surface area contributed by atoms with Crippen molar-refractivity contribution in [2.24, 2.45) is 5.92 Å². The Balaban J connectivity index is 2.21. The van der Waals surface area contributed by atoms with Gasteiger partial charge in [0.15, 0.2) is 0 Å². The molecule has 1 saturated carbocycles. The number of aromatic hydroxyl groups is 1. The topological polar surface area (TPSA) is 86.6 Å². The van der Waals surface area contributed by atoms with Gasteiger partial charge in [-0.15, -0.1) is 0 Å². The van der Waals surface area contributed by atoms with Gasteiger partial charge in [0.1, 0.15) is 17.1 Å². The zero-order chi connectivity index (χ0) is 15.6. The Labute approximate surface area is 121 Å². The molecular weight excluding hydrogens is 277 g/mol. The van der Waals surface area contributed by atoms with Crippen molar-refractivity contribution in [2.45, 2.75) is 38.1 Å². The maximum absolute atomic E-state index is 13.7. The highest BCUT2D eigenvalue weighted by Gasteiger charge is 2.42. The molecule has 5 nitrogen and oxygen atoms in total. The van der Waals surface area contributed by atoms with Crippen LogP contribution in [0.3, 0.4) is 0 Å². The molecule has 1 amide bonds. The van der Waals surface area contributed by atoms with Gasteiger partial charge in [-0.25, -0.2) is 9.18 Å². The standard InChI is InChI=1S/C15H18FNO4/c1-9-4-6-15(7-5-9,14(20)21)17-13(19)11-3-2-10(18)8-12(11)16/h2-3,8-9,18H,4-7H2,1H3,(H,17,19)(H,20,21). The molecule has 1 aliphatic rings. The quantitative estimate of drug-likeness (QED) is 0.798. The highest BCUT2D eigenvalue weighted by molar-refractivity contribution is 5.98. The summed E-state index contributed by atoms with van der Waals surface area (Å²) >= 11 is 0. The van der Waals surface area contributed by atoms with E-state index < -0.39 is 23.2 Å². The number of carbonyl (C=O) groups excluding carboxylic acids is 1. The van der Waals surface area contributed by atoms with Crippen LogP contribution in [0.5, 0.6) is 5.75 Å². The summed E-state index contributed by atoms with van der Waals surface area (Å²) in [7, 11) is 0. The number of benzene rings is 1. The zero-order valence-corrected chi connectivity index (χ0v) is 11.7. The van der Waals surface area contributed by atoms with Crippen LogP contribution in [0.4, 0.5) is 4.39 Å². The number of hydrogen-bond acceptors (Lipinski definition) is 3. The van der Waals surface area contributed by atoms with Gasteiger partial charge in [-0.3, -0.25) is 4.79 Å². The van der Waals surface area contributed by atoms with Crippen molar-refractivity contribution in [1.82, 2.24) is 5.32 Å². The maximum atomic E-state index is 13.7. The Hall–Kier alpha value is -2.11. The molecule has 1 aromatic carbocycles. The summed E-state index contributed by atoms with van der Waals surface area (Å²) in [5.41, 5.74) is -1.61. The van der Waals surface area contributed by atoms with Gasteiger partial charge in [-0.05, 0) is 43.7 Å². The Morgan fingerprint density at radius 2 is 1.95 bits per heavy atom. The third-order valence-corrected chi connectivity index (χ3v) is 4.09. The van der Waals surface area contributed by atoms with Crippen molar-refractivity contribution < 1.29 is 24.2 Å². The molecule has 0 heterocycles. The number of phenols is 1. The molecule has 0 radical (unpaired) electrons. The second-order valence-electron chi connectivity index (χ2n) is 5.69. The van der Waals surface area contributed by atoms with Crippen molar-refractivity contribution in [1.29, 1.82) is 0 Å². The van der Waals surface area contributed by atoms with Crippen LogP contribution in [0.15, 0.2) is 18.2 Å². The van der Waals surface area contributed by atoms with Crippen LogP contribution < -0.4 is 5.32 Å². The van der Waals surface area contributed by atoms with Crippen LogP contribution in [-0.4, -0.2) is 27.6 Å². The molecule has 2 rings (SSSR count). The fourth-order valence-electron chi connectivity index (χ4n) is 2.62. The highest BCUT2D eigenvalue weighted by Crippen LogP contribution is 2.32. The third-order valence-electron chi connectivity index (χ3n) is 4.09. The Kier molecular flexibility index (Phi) is 4.16. The summed E-state index contributed by atoms with van der Waals surface area (Å²) in [6, 6.07) is 3.15. The Morgan fingerprint density at radius 1 is 1.33 bits per heavy atom. The van der Waals surface area contributed by atoms with Gasteiger partial charge in [0.05, 0.1) is 5.56 Å². The molecule has 0 atom stereocenters. The Morgan fingerprint density at radius 3 is 2.48 bits per heavy atom. The van der Waals surface area contributed by atoms with Crippen molar-refractivity contribution in [3.8, 4) is 5.75 Å². The van der Waals surface area contributed by atoms with Gasteiger partial charge in [-0.2, -0.15) is 0 Å². The molecule has 3 N–H and O–H groups in total. The largest absolute Gasteiger partial charge is 0.508 e. The van der Waals surface area contributed by atoms with E-state index in [1.807, 2.05) is 6.92 Å². The number of carboxylic acid groups (broad SMARTS) is 1.